The SMILES string of the molecule is O=C(NCCCN1CCN(Cc2ccccc2)CC1)Nc1ccc(N2CCCC2=O)cc1. The second-order valence-corrected chi connectivity index (χ2v) is 8.53. The smallest absolute Gasteiger partial charge is 0.319 e. The van der Waals surface area contributed by atoms with Crippen molar-refractivity contribution < 1.29 is 9.59 Å². The number of benzene rings is 2. The molecule has 32 heavy (non-hydrogen) atoms. The van der Waals surface area contributed by atoms with Crippen LogP contribution in [0.1, 0.15) is 24.8 Å². The molecule has 0 saturated carbocycles. The van der Waals surface area contributed by atoms with E-state index in [1.54, 1.807) is 4.90 Å². The summed E-state index contributed by atoms with van der Waals surface area (Å²) in [7, 11) is 0. The lowest BCUT2D eigenvalue weighted by atomic mass is 10.2. The predicted octanol–water partition coefficient (Wildman–Crippen LogP) is 3.14. The maximum atomic E-state index is 12.2. The van der Waals surface area contributed by atoms with Gasteiger partial charge in [0.1, 0.15) is 0 Å². The average molecular weight is 436 g/mol. The Kier molecular flexibility index (Phi) is 7.74. The molecule has 3 amide bonds. The normalized spacial score (nSPS) is 17.5. The molecule has 7 heteroatoms. The summed E-state index contributed by atoms with van der Waals surface area (Å²) in [4.78, 5) is 30.8. The second kappa shape index (κ2) is 11.1. The van der Waals surface area contributed by atoms with Gasteiger partial charge in [0.2, 0.25) is 5.91 Å². The fourth-order valence-corrected chi connectivity index (χ4v) is 4.34. The molecule has 170 valence electrons. The molecule has 2 heterocycles. The van der Waals surface area contributed by atoms with Crippen LogP contribution in [0.15, 0.2) is 54.6 Å². The number of amides is 3. The van der Waals surface area contributed by atoms with Crippen LogP contribution in [0.2, 0.25) is 0 Å². The standard InChI is InChI=1S/C25H33N5O2/c31-24-8-4-15-30(24)23-11-9-22(10-12-23)27-25(32)26-13-5-14-28-16-18-29(19-17-28)20-21-6-2-1-3-7-21/h1-3,6-7,9-12H,4-5,8,13-20H2,(H2,26,27,32). The topological polar surface area (TPSA) is 67.9 Å². The molecule has 7 nitrogen and oxygen atoms in total. The van der Waals surface area contributed by atoms with Gasteiger partial charge in [-0.3, -0.25) is 9.69 Å². The Morgan fingerprint density at radius 2 is 1.59 bits per heavy atom. The summed E-state index contributed by atoms with van der Waals surface area (Å²) in [6.45, 7) is 7.76. The van der Waals surface area contributed by atoms with Crippen molar-refractivity contribution >= 4 is 23.3 Å². The van der Waals surface area contributed by atoms with Crippen LogP contribution >= 0.6 is 0 Å². The van der Waals surface area contributed by atoms with E-state index in [9.17, 15) is 9.59 Å². The summed E-state index contributed by atoms with van der Waals surface area (Å²) >= 11 is 0. The van der Waals surface area contributed by atoms with E-state index in [0.29, 0.717) is 13.0 Å². The second-order valence-electron chi connectivity index (χ2n) is 8.53. The summed E-state index contributed by atoms with van der Waals surface area (Å²) in [6, 6.07) is 17.9. The largest absolute Gasteiger partial charge is 0.338 e. The zero-order valence-electron chi connectivity index (χ0n) is 18.6. The molecule has 4 rings (SSSR count). The Morgan fingerprint density at radius 3 is 2.28 bits per heavy atom. The number of anilines is 2. The number of nitrogens with one attached hydrogen (secondary N) is 2. The van der Waals surface area contributed by atoms with Crippen LogP contribution in [0, 0.1) is 0 Å². The molecule has 2 fully saturated rings. The molecule has 2 aliphatic heterocycles. The van der Waals surface area contributed by atoms with Crippen LogP contribution in [-0.2, 0) is 11.3 Å². The van der Waals surface area contributed by atoms with Crippen molar-refractivity contribution in [1.29, 1.82) is 0 Å². The van der Waals surface area contributed by atoms with E-state index in [0.717, 1.165) is 70.0 Å². The molecule has 2 N–H and O–H groups in total. The summed E-state index contributed by atoms with van der Waals surface area (Å²) in [5, 5.41) is 5.80. The minimum atomic E-state index is -0.192. The van der Waals surface area contributed by atoms with Gasteiger partial charge >= 0.3 is 6.03 Å². The molecule has 0 spiro atoms. The summed E-state index contributed by atoms with van der Waals surface area (Å²) < 4.78 is 0. The molecular formula is C25H33N5O2. The van der Waals surface area contributed by atoms with Crippen LogP contribution < -0.4 is 15.5 Å². The number of hydrogen-bond acceptors (Lipinski definition) is 4. The molecule has 0 unspecified atom stereocenters. The quantitative estimate of drug-likeness (QED) is 0.625. The van der Waals surface area contributed by atoms with Gasteiger partial charge in [-0.1, -0.05) is 30.3 Å². The van der Waals surface area contributed by atoms with Crippen LogP contribution in [0.25, 0.3) is 0 Å². The fraction of sp³-hybridized carbons (Fsp3) is 0.440. The van der Waals surface area contributed by atoms with Crippen molar-refractivity contribution in [1.82, 2.24) is 15.1 Å². The first-order valence-corrected chi connectivity index (χ1v) is 11.6. The Bertz CT molecular complexity index is 879. The molecule has 2 aromatic rings. The van der Waals surface area contributed by atoms with Crippen molar-refractivity contribution in [3.63, 3.8) is 0 Å². The number of nitrogens with zero attached hydrogens (tertiary/aromatic N) is 3. The van der Waals surface area contributed by atoms with Crippen molar-refractivity contribution in [3.8, 4) is 0 Å². The number of urea groups is 1. The van der Waals surface area contributed by atoms with E-state index in [1.165, 1.54) is 5.56 Å². The van der Waals surface area contributed by atoms with Crippen molar-refractivity contribution in [2.24, 2.45) is 0 Å². The first-order valence-electron chi connectivity index (χ1n) is 11.6. The zero-order valence-corrected chi connectivity index (χ0v) is 18.6. The number of hydrogen-bond donors (Lipinski definition) is 2. The molecule has 0 aliphatic carbocycles. The van der Waals surface area contributed by atoms with Gasteiger partial charge in [-0.15, -0.1) is 0 Å². The molecule has 0 bridgehead atoms. The molecule has 0 aromatic heterocycles. The highest BCUT2D eigenvalue weighted by atomic mass is 16.2. The van der Waals surface area contributed by atoms with Gasteiger partial charge < -0.3 is 20.4 Å². The van der Waals surface area contributed by atoms with Gasteiger partial charge in [-0.05, 0) is 49.2 Å². The summed E-state index contributed by atoms with van der Waals surface area (Å²) in [5.41, 5.74) is 2.99. The highest BCUT2D eigenvalue weighted by Crippen LogP contribution is 2.23. The van der Waals surface area contributed by atoms with Gasteiger partial charge in [-0.25, -0.2) is 4.79 Å². The minimum absolute atomic E-state index is 0.168. The average Bonchev–Trinajstić information content (AvgIpc) is 3.25. The van der Waals surface area contributed by atoms with E-state index in [-0.39, 0.29) is 11.9 Å². The molecule has 2 saturated heterocycles. The Hall–Kier alpha value is -2.90. The molecular weight excluding hydrogens is 402 g/mol. The molecule has 2 aliphatic rings. The van der Waals surface area contributed by atoms with E-state index < -0.39 is 0 Å². The van der Waals surface area contributed by atoms with Gasteiger partial charge in [0.15, 0.2) is 0 Å². The van der Waals surface area contributed by atoms with Crippen molar-refractivity contribution in [3.05, 3.63) is 60.2 Å². The summed E-state index contributed by atoms with van der Waals surface area (Å²) in [5.74, 6) is 0.168. The third kappa shape index (κ3) is 6.31. The number of carbonyl (C=O) groups excluding carboxylic acids is 2. The summed E-state index contributed by atoms with van der Waals surface area (Å²) in [6.07, 6.45) is 2.46. The third-order valence-corrected chi connectivity index (χ3v) is 6.16. The Morgan fingerprint density at radius 1 is 0.875 bits per heavy atom. The van der Waals surface area contributed by atoms with E-state index in [1.807, 2.05) is 24.3 Å². The Labute approximate surface area is 190 Å². The van der Waals surface area contributed by atoms with Crippen LogP contribution in [0.5, 0.6) is 0 Å². The van der Waals surface area contributed by atoms with Gasteiger partial charge in [-0.2, -0.15) is 0 Å². The first-order chi connectivity index (χ1) is 15.7. The first kappa shape index (κ1) is 22.3. The van der Waals surface area contributed by atoms with Crippen LogP contribution in [-0.4, -0.2) is 67.6 Å². The fourth-order valence-electron chi connectivity index (χ4n) is 4.34. The van der Waals surface area contributed by atoms with E-state index >= 15 is 0 Å². The van der Waals surface area contributed by atoms with Crippen LogP contribution in [0.4, 0.5) is 16.2 Å². The zero-order chi connectivity index (χ0) is 22.2. The van der Waals surface area contributed by atoms with Gasteiger partial charge in [0, 0.05) is 63.6 Å². The number of piperazine rings is 1. The van der Waals surface area contributed by atoms with Gasteiger partial charge in [0.05, 0.1) is 0 Å². The highest BCUT2D eigenvalue weighted by molar-refractivity contribution is 5.96. The minimum Gasteiger partial charge on any atom is -0.338 e. The van der Waals surface area contributed by atoms with Crippen LogP contribution in [0.3, 0.4) is 0 Å². The Balaban J connectivity index is 1.09. The molecule has 0 radical (unpaired) electrons. The van der Waals surface area contributed by atoms with Crippen molar-refractivity contribution in [2.45, 2.75) is 25.8 Å². The maximum Gasteiger partial charge on any atom is 0.319 e. The van der Waals surface area contributed by atoms with Gasteiger partial charge in [0.25, 0.3) is 0 Å². The lowest BCUT2D eigenvalue weighted by molar-refractivity contribution is -0.117. The molecule has 0 atom stereocenters. The number of carbonyl (C=O) groups is 2. The predicted molar refractivity (Wildman–Crippen MR) is 128 cm³/mol. The third-order valence-electron chi connectivity index (χ3n) is 6.16. The highest BCUT2D eigenvalue weighted by Gasteiger charge is 2.21. The lowest BCUT2D eigenvalue weighted by Crippen LogP contribution is -2.46. The van der Waals surface area contributed by atoms with E-state index in [2.05, 4.69) is 50.8 Å². The maximum absolute atomic E-state index is 12.2. The lowest BCUT2D eigenvalue weighted by Gasteiger charge is -2.34. The monoisotopic (exact) mass is 435 g/mol. The number of rotatable bonds is 8. The van der Waals surface area contributed by atoms with E-state index in [4.69, 9.17) is 0 Å². The van der Waals surface area contributed by atoms with Crippen molar-refractivity contribution in [2.75, 3.05) is 56.0 Å². The molecule has 2 aromatic carbocycles.